The molecule has 0 saturated carbocycles. The van der Waals surface area contributed by atoms with Crippen molar-refractivity contribution >= 4 is 5.91 Å². The first-order valence-electron chi connectivity index (χ1n) is 10.8. The number of morpholine rings is 1. The third-order valence-corrected chi connectivity index (χ3v) is 5.40. The highest BCUT2D eigenvalue weighted by Crippen LogP contribution is 2.21. The van der Waals surface area contributed by atoms with Gasteiger partial charge in [0, 0.05) is 43.9 Å². The Balaban J connectivity index is 1.66. The van der Waals surface area contributed by atoms with Crippen LogP contribution >= 0.6 is 0 Å². The summed E-state index contributed by atoms with van der Waals surface area (Å²) in [5.74, 6) is 1.39. The van der Waals surface area contributed by atoms with Crippen LogP contribution in [-0.2, 0) is 11.3 Å². The Labute approximate surface area is 180 Å². The number of hydrogen-bond acceptors (Lipinski definition) is 4. The highest BCUT2D eigenvalue weighted by Gasteiger charge is 2.26. The maximum Gasteiger partial charge on any atom is 0.253 e. The van der Waals surface area contributed by atoms with Crippen LogP contribution in [0.1, 0.15) is 35.3 Å². The van der Waals surface area contributed by atoms with Gasteiger partial charge < -0.3 is 14.4 Å². The normalized spacial score (nSPS) is 17.2. The van der Waals surface area contributed by atoms with Crippen LogP contribution < -0.4 is 4.74 Å². The Hall–Kier alpha value is -2.37. The minimum Gasteiger partial charge on any atom is -0.496 e. The van der Waals surface area contributed by atoms with E-state index < -0.39 is 0 Å². The summed E-state index contributed by atoms with van der Waals surface area (Å²) in [5.41, 5.74) is 3.07. The quantitative estimate of drug-likeness (QED) is 0.660. The fourth-order valence-corrected chi connectivity index (χ4v) is 3.91. The van der Waals surface area contributed by atoms with Crippen LogP contribution in [0.2, 0.25) is 0 Å². The van der Waals surface area contributed by atoms with E-state index in [1.807, 2.05) is 54.3 Å². The van der Waals surface area contributed by atoms with Crippen molar-refractivity contribution in [1.82, 2.24) is 9.80 Å². The van der Waals surface area contributed by atoms with Crippen molar-refractivity contribution < 1.29 is 14.3 Å². The van der Waals surface area contributed by atoms with Crippen molar-refractivity contribution in [3.05, 3.63) is 65.2 Å². The van der Waals surface area contributed by atoms with Crippen molar-refractivity contribution in [2.24, 2.45) is 5.92 Å². The van der Waals surface area contributed by atoms with Gasteiger partial charge in [0.2, 0.25) is 0 Å². The summed E-state index contributed by atoms with van der Waals surface area (Å²) in [7, 11) is 1.71. The summed E-state index contributed by atoms with van der Waals surface area (Å²) in [6, 6.07) is 16.0. The third-order valence-electron chi connectivity index (χ3n) is 5.40. The van der Waals surface area contributed by atoms with Crippen molar-refractivity contribution in [3.63, 3.8) is 0 Å². The van der Waals surface area contributed by atoms with Crippen LogP contribution in [0.3, 0.4) is 0 Å². The molecule has 1 fully saturated rings. The predicted octanol–water partition coefficient (Wildman–Crippen LogP) is 4.00. The first-order chi connectivity index (χ1) is 14.5. The molecule has 162 valence electrons. The lowest BCUT2D eigenvalue weighted by molar-refractivity contribution is -0.0439. The molecule has 0 spiro atoms. The van der Waals surface area contributed by atoms with E-state index in [4.69, 9.17) is 9.47 Å². The van der Waals surface area contributed by atoms with Gasteiger partial charge in [0.25, 0.3) is 5.91 Å². The highest BCUT2D eigenvalue weighted by atomic mass is 16.5. The highest BCUT2D eigenvalue weighted by molar-refractivity contribution is 5.94. The second-order valence-electron chi connectivity index (χ2n) is 8.51. The zero-order chi connectivity index (χ0) is 21.5. The lowest BCUT2D eigenvalue weighted by atomic mass is 10.1. The predicted molar refractivity (Wildman–Crippen MR) is 120 cm³/mol. The van der Waals surface area contributed by atoms with E-state index in [2.05, 4.69) is 24.8 Å². The van der Waals surface area contributed by atoms with E-state index in [1.54, 1.807) is 7.11 Å². The molecule has 1 atom stereocenters. The van der Waals surface area contributed by atoms with Gasteiger partial charge in [-0.1, -0.05) is 49.7 Å². The van der Waals surface area contributed by atoms with E-state index in [9.17, 15) is 4.79 Å². The van der Waals surface area contributed by atoms with Crippen molar-refractivity contribution in [3.8, 4) is 5.75 Å². The molecule has 1 saturated heterocycles. The third kappa shape index (κ3) is 6.07. The van der Waals surface area contributed by atoms with Gasteiger partial charge >= 0.3 is 0 Å². The van der Waals surface area contributed by atoms with Gasteiger partial charge in [0.05, 0.1) is 19.8 Å². The first-order valence-corrected chi connectivity index (χ1v) is 10.8. The zero-order valence-corrected chi connectivity index (χ0v) is 18.6. The number of carbonyl (C=O) groups is 1. The van der Waals surface area contributed by atoms with E-state index in [0.717, 1.165) is 43.1 Å². The van der Waals surface area contributed by atoms with E-state index >= 15 is 0 Å². The lowest BCUT2D eigenvalue weighted by Gasteiger charge is -2.36. The average molecular weight is 411 g/mol. The molecular weight excluding hydrogens is 376 g/mol. The Kier molecular flexibility index (Phi) is 7.88. The van der Waals surface area contributed by atoms with Gasteiger partial charge in [-0.2, -0.15) is 0 Å². The van der Waals surface area contributed by atoms with E-state index in [0.29, 0.717) is 19.1 Å². The topological polar surface area (TPSA) is 42.0 Å². The summed E-state index contributed by atoms with van der Waals surface area (Å²) in [4.78, 5) is 17.5. The smallest absolute Gasteiger partial charge is 0.253 e. The van der Waals surface area contributed by atoms with Gasteiger partial charge in [-0.05, 0) is 31.0 Å². The van der Waals surface area contributed by atoms with Crippen LogP contribution in [-0.4, -0.2) is 61.7 Å². The van der Waals surface area contributed by atoms with Gasteiger partial charge in [-0.15, -0.1) is 0 Å². The number of methoxy groups -OCH3 is 1. The number of ether oxygens (including phenoxy) is 2. The average Bonchev–Trinajstić information content (AvgIpc) is 2.74. The molecule has 0 N–H and O–H groups in total. The Bertz CT molecular complexity index is 819. The second kappa shape index (κ2) is 10.6. The number of nitrogens with zero attached hydrogens (tertiary/aromatic N) is 2. The van der Waals surface area contributed by atoms with Gasteiger partial charge in [0.1, 0.15) is 5.75 Å². The Morgan fingerprint density at radius 1 is 1.20 bits per heavy atom. The standard InChI is InChI=1S/C25H34N2O3/c1-19(2)15-27(25(28)21-11-9-20(3)10-12-21)18-23-17-26(13-14-30-23)16-22-7-5-6-8-24(22)29-4/h5-12,19,23H,13-18H2,1-4H3. The van der Waals surface area contributed by atoms with E-state index in [1.165, 1.54) is 5.56 Å². The molecule has 0 aliphatic carbocycles. The minimum atomic E-state index is 0.00149. The van der Waals surface area contributed by atoms with Crippen LogP contribution in [0, 0.1) is 12.8 Å². The molecule has 1 heterocycles. The van der Waals surface area contributed by atoms with Crippen molar-refractivity contribution in [2.45, 2.75) is 33.4 Å². The molecule has 0 bridgehead atoms. The van der Waals surface area contributed by atoms with Crippen LogP contribution in [0.4, 0.5) is 0 Å². The van der Waals surface area contributed by atoms with Gasteiger partial charge in [-0.3, -0.25) is 9.69 Å². The summed E-state index contributed by atoms with van der Waals surface area (Å²) < 4.78 is 11.6. The molecule has 1 aliphatic rings. The number of aryl methyl sites for hydroxylation is 1. The molecule has 0 radical (unpaired) electrons. The number of benzene rings is 2. The number of hydrogen-bond donors (Lipinski definition) is 0. The van der Waals surface area contributed by atoms with Crippen LogP contribution in [0.5, 0.6) is 5.75 Å². The summed E-state index contributed by atoms with van der Waals surface area (Å²) in [6.07, 6.45) is 0.00149. The fourth-order valence-electron chi connectivity index (χ4n) is 3.91. The number of para-hydroxylation sites is 1. The molecule has 1 unspecified atom stereocenters. The first kappa shape index (κ1) is 22.3. The molecule has 3 rings (SSSR count). The number of amides is 1. The Morgan fingerprint density at radius 2 is 1.93 bits per heavy atom. The second-order valence-corrected chi connectivity index (χ2v) is 8.51. The molecule has 2 aromatic rings. The SMILES string of the molecule is COc1ccccc1CN1CCOC(CN(CC(C)C)C(=O)c2ccc(C)cc2)C1. The molecule has 2 aromatic carbocycles. The molecule has 0 aromatic heterocycles. The van der Waals surface area contributed by atoms with E-state index in [-0.39, 0.29) is 12.0 Å². The van der Waals surface area contributed by atoms with Crippen molar-refractivity contribution in [2.75, 3.05) is 39.9 Å². The van der Waals surface area contributed by atoms with Crippen molar-refractivity contribution in [1.29, 1.82) is 0 Å². The molecule has 1 amide bonds. The maximum absolute atomic E-state index is 13.2. The number of carbonyl (C=O) groups excluding carboxylic acids is 1. The molecule has 5 nitrogen and oxygen atoms in total. The summed E-state index contributed by atoms with van der Waals surface area (Å²) in [5, 5.41) is 0. The van der Waals surface area contributed by atoms with Crippen LogP contribution in [0.15, 0.2) is 48.5 Å². The largest absolute Gasteiger partial charge is 0.496 e. The Morgan fingerprint density at radius 3 is 2.63 bits per heavy atom. The minimum absolute atomic E-state index is 0.00149. The maximum atomic E-state index is 13.2. The molecule has 30 heavy (non-hydrogen) atoms. The fraction of sp³-hybridized carbons (Fsp3) is 0.480. The molecular formula is C25H34N2O3. The monoisotopic (exact) mass is 410 g/mol. The molecule has 5 heteroatoms. The lowest BCUT2D eigenvalue weighted by Crippen LogP contribution is -2.49. The zero-order valence-electron chi connectivity index (χ0n) is 18.6. The summed E-state index contributed by atoms with van der Waals surface area (Å²) in [6.45, 7) is 10.8. The van der Waals surface area contributed by atoms with Gasteiger partial charge in [0.15, 0.2) is 0 Å². The molecule has 1 aliphatic heterocycles. The van der Waals surface area contributed by atoms with Crippen LogP contribution in [0.25, 0.3) is 0 Å². The number of rotatable bonds is 8. The summed E-state index contributed by atoms with van der Waals surface area (Å²) >= 11 is 0. The van der Waals surface area contributed by atoms with Gasteiger partial charge in [-0.25, -0.2) is 0 Å².